The molecule has 3 atom stereocenters. The average molecular weight is 319 g/mol. The van der Waals surface area contributed by atoms with Crippen LogP contribution in [0, 0.1) is 11.7 Å². The summed E-state index contributed by atoms with van der Waals surface area (Å²) in [5, 5.41) is 2.84. The topological polar surface area (TPSA) is 52.7 Å². The Labute approximate surface area is 135 Å². The third-order valence-electron chi connectivity index (χ3n) is 4.73. The maximum absolute atomic E-state index is 13.5. The average Bonchev–Trinajstić information content (AvgIpc) is 3.05. The van der Waals surface area contributed by atoms with Crippen LogP contribution < -0.4 is 5.32 Å². The molecule has 3 rings (SSSR count). The Morgan fingerprint density at radius 3 is 2.83 bits per heavy atom. The van der Waals surface area contributed by atoms with E-state index in [9.17, 15) is 14.0 Å². The van der Waals surface area contributed by atoms with E-state index in [-0.39, 0.29) is 23.8 Å². The van der Waals surface area contributed by atoms with Crippen LogP contribution in [-0.2, 0) is 4.79 Å². The first-order chi connectivity index (χ1) is 11.0. The summed E-state index contributed by atoms with van der Waals surface area (Å²) in [4.78, 5) is 27.9. The highest BCUT2D eigenvalue weighted by Crippen LogP contribution is 2.35. The lowest BCUT2D eigenvalue weighted by atomic mass is 10.0. The van der Waals surface area contributed by atoms with Crippen molar-refractivity contribution in [2.45, 2.75) is 31.8 Å². The quantitative estimate of drug-likeness (QED) is 0.908. The smallest absolute Gasteiger partial charge is 0.318 e. The normalized spacial score (nSPS) is 27.6. The minimum atomic E-state index is -0.448. The first-order valence-corrected chi connectivity index (χ1v) is 8.03. The molecule has 1 aromatic rings. The summed E-state index contributed by atoms with van der Waals surface area (Å²) in [7, 11) is 1.74. The van der Waals surface area contributed by atoms with E-state index in [0.717, 1.165) is 12.0 Å². The molecule has 0 aromatic heterocycles. The Bertz CT molecular complexity index is 622. The van der Waals surface area contributed by atoms with Crippen LogP contribution in [0.3, 0.4) is 0 Å². The molecule has 1 aromatic carbocycles. The van der Waals surface area contributed by atoms with Gasteiger partial charge < -0.3 is 15.1 Å². The number of carbonyl (C=O) groups excluding carboxylic acids is 2. The second kappa shape index (κ2) is 6.18. The van der Waals surface area contributed by atoms with Gasteiger partial charge in [0.25, 0.3) is 0 Å². The number of likely N-dealkylation sites (N-methyl/N-ethyl adjacent to an activating group) is 1. The first kappa shape index (κ1) is 15.8. The summed E-state index contributed by atoms with van der Waals surface area (Å²) in [6, 6.07) is 5.57. The molecule has 124 valence electrons. The number of hydrogen-bond donors (Lipinski definition) is 1. The minimum Gasteiger partial charge on any atom is -0.344 e. The maximum Gasteiger partial charge on any atom is 0.318 e. The fraction of sp³-hybridized carbons (Fsp3) is 0.529. The number of nitrogens with one attached hydrogen (secondary N) is 1. The zero-order valence-electron chi connectivity index (χ0n) is 13.5. The molecule has 0 aliphatic carbocycles. The van der Waals surface area contributed by atoms with Gasteiger partial charge in [-0.3, -0.25) is 4.79 Å². The molecule has 23 heavy (non-hydrogen) atoms. The molecule has 1 N–H and O–H groups in total. The molecule has 2 fully saturated rings. The zero-order chi connectivity index (χ0) is 16.6. The number of hydrogen-bond acceptors (Lipinski definition) is 2. The number of nitrogens with zero attached hydrogens (tertiary/aromatic N) is 2. The summed E-state index contributed by atoms with van der Waals surface area (Å²) in [5.74, 6) is -0.00104. The van der Waals surface area contributed by atoms with Gasteiger partial charge in [0.1, 0.15) is 11.9 Å². The maximum atomic E-state index is 13.5. The fourth-order valence-corrected chi connectivity index (χ4v) is 3.49. The van der Waals surface area contributed by atoms with Gasteiger partial charge in [-0.25, -0.2) is 9.18 Å². The number of carbonyl (C=O) groups is 2. The van der Waals surface area contributed by atoms with Crippen molar-refractivity contribution in [2.24, 2.45) is 5.92 Å². The van der Waals surface area contributed by atoms with Gasteiger partial charge in [0.05, 0.1) is 6.04 Å². The van der Waals surface area contributed by atoms with Crippen molar-refractivity contribution in [3.05, 3.63) is 35.6 Å². The summed E-state index contributed by atoms with van der Waals surface area (Å²) in [6.07, 6.45) is 1.44. The van der Waals surface area contributed by atoms with Gasteiger partial charge in [0.15, 0.2) is 0 Å². The SMILES string of the molecule is CC1CC(c2cccc(F)c2)N(C(=O)NC2CCN(C)C2=O)C1. The lowest BCUT2D eigenvalue weighted by molar-refractivity contribution is -0.128. The Hall–Kier alpha value is -2.11. The van der Waals surface area contributed by atoms with Crippen LogP contribution in [-0.4, -0.2) is 47.9 Å². The van der Waals surface area contributed by atoms with Gasteiger partial charge in [0.2, 0.25) is 5.91 Å². The number of urea groups is 1. The molecule has 0 spiro atoms. The molecule has 0 bridgehead atoms. The summed E-state index contributed by atoms with van der Waals surface area (Å²) < 4.78 is 13.5. The highest BCUT2D eigenvalue weighted by Gasteiger charge is 2.37. The van der Waals surface area contributed by atoms with Gasteiger partial charge in [-0.2, -0.15) is 0 Å². The number of likely N-dealkylation sites (tertiary alicyclic amines) is 2. The van der Waals surface area contributed by atoms with Crippen molar-refractivity contribution >= 4 is 11.9 Å². The molecule has 2 heterocycles. The van der Waals surface area contributed by atoms with Crippen molar-refractivity contribution in [1.29, 1.82) is 0 Å². The van der Waals surface area contributed by atoms with Crippen molar-refractivity contribution in [2.75, 3.05) is 20.1 Å². The van der Waals surface area contributed by atoms with Crippen LogP contribution in [0.1, 0.15) is 31.4 Å². The molecule has 3 unspecified atom stereocenters. The number of amides is 3. The van der Waals surface area contributed by atoms with Crippen LogP contribution in [0.4, 0.5) is 9.18 Å². The lowest BCUT2D eigenvalue weighted by Gasteiger charge is -2.26. The van der Waals surface area contributed by atoms with Crippen molar-refractivity contribution < 1.29 is 14.0 Å². The summed E-state index contributed by atoms with van der Waals surface area (Å²) in [5.41, 5.74) is 0.805. The highest BCUT2D eigenvalue weighted by molar-refractivity contribution is 5.88. The minimum absolute atomic E-state index is 0.0482. The lowest BCUT2D eigenvalue weighted by Crippen LogP contribution is -2.47. The van der Waals surface area contributed by atoms with Gasteiger partial charge in [-0.05, 0) is 36.5 Å². The Morgan fingerprint density at radius 1 is 1.39 bits per heavy atom. The standard InChI is InChI=1S/C17H22FN3O2/c1-11-8-15(12-4-3-5-13(18)9-12)21(10-11)17(23)19-14-6-7-20(2)16(14)22/h3-5,9,11,14-15H,6-8,10H2,1-2H3,(H,19,23). The summed E-state index contributed by atoms with van der Waals surface area (Å²) >= 11 is 0. The van der Waals surface area contributed by atoms with E-state index in [2.05, 4.69) is 12.2 Å². The van der Waals surface area contributed by atoms with E-state index in [1.807, 2.05) is 6.07 Å². The van der Waals surface area contributed by atoms with Crippen LogP contribution in [0.25, 0.3) is 0 Å². The molecule has 6 heteroatoms. The molecule has 3 amide bonds. The molecule has 0 radical (unpaired) electrons. The molecule has 2 aliphatic heterocycles. The van der Waals surface area contributed by atoms with Crippen molar-refractivity contribution in [3.63, 3.8) is 0 Å². The van der Waals surface area contributed by atoms with Crippen LogP contribution >= 0.6 is 0 Å². The monoisotopic (exact) mass is 319 g/mol. The second-order valence-corrected chi connectivity index (χ2v) is 6.61. The third kappa shape index (κ3) is 3.16. The van der Waals surface area contributed by atoms with Gasteiger partial charge in [-0.1, -0.05) is 19.1 Å². The van der Waals surface area contributed by atoms with Crippen LogP contribution in [0.15, 0.2) is 24.3 Å². The third-order valence-corrected chi connectivity index (χ3v) is 4.73. The molecular formula is C17H22FN3O2. The van der Waals surface area contributed by atoms with E-state index in [4.69, 9.17) is 0 Å². The summed E-state index contributed by atoms with van der Waals surface area (Å²) in [6.45, 7) is 3.35. The zero-order valence-corrected chi connectivity index (χ0v) is 13.5. The Balaban J connectivity index is 1.74. The Kier molecular flexibility index (Phi) is 4.24. The fourth-order valence-electron chi connectivity index (χ4n) is 3.49. The van der Waals surface area contributed by atoms with E-state index in [1.165, 1.54) is 12.1 Å². The predicted octanol–water partition coefficient (Wildman–Crippen LogP) is 2.15. The largest absolute Gasteiger partial charge is 0.344 e. The number of halogens is 1. The number of rotatable bonds is 2. The highest BCUT2D eigenvalue weighted by atomic mass is 19.1. The first-order valence-electron chi connectivity index (χ1n) is 8.03. The van der Waals surface area contributed by atoms with Gasteiger partial charge >= 0.3 is 6.03 Å². The van der Waals surface area contributed by atoms with E-state index in [0.29, 0.717) is 25.4 Å². The van der Waals surface area contributed by atoms with Crippen molar-refractivity contribution in [3.8, 4) is 0 Å². The Morgan fingerprint density at radius 2 is 2.17 bits per heavy atom. The molecule has 5 nitrogen and oxygen atoms in total. The van der Waals surface area contributed by atoms with Crippen LogP contribution in [0.5, 0.6) is 0 Å². The van der Waals surface area contributed by atoms with E-state index in [1.54, 1.807) is 22.9 Å². The molecule has 2 aliphatic rings. The predicted molar refractivity (Wildman–Crippen MR) is 84.2 cm³/mol. The number of benzene rings is 1. The van der Waals surface area contributed by atoms with E-state index >= 15 is 0 Å². The van der Waals surface area contributed by atoms with Crippen LogP contribution in [0.2, 0.25) is 0 Å². The second-order valence-electron chi connectivity index (χ2n) is 6.61. The molecular weight excluding hydrogens is 297 g/mol. The van der Waals surface area contributed by atoms with Crippen molar-refractivity contribution in [1.82, 2.24) is 15.1 Å². The van der Waals surface area contributed by atoms with Gasteiger partial charge in [0, 0.05) is 20.1 Å². The van der Waals surface area contributed by atoms with E-state index < -0.39 is 6.04 Å². The van der Waals surface area contributed by atoms with Gasteiger partial charge in [-0.15, -0.1) is 0 Å². The molecule has 0 saturated carbocycles. The molecule has 2 saturated heterocycles.